The molecule has 3 N–H and O–H groups in total. The minimum atomic E-state index is -3.52. The van der Waals surface area contributed by atoms with E-state index in [9.17, 15) is 13.2 Å². The molecular formula is C12H18N2O4S. The predicted octanol–water partition coefficient (Wildman–Crippen LogP) is 0.0325. The van der Waals surface area contributed by atoms with Crippen LogP contribution < -0.4 is 15.2 Å². The van der Waals surface area contributed by atoms with Gasteiger partial charge in [-0.3, -0.25) is 4.79 Å². The topological polar surface area (TPSA) is 98.5 Å². The fraction of sp³-hybridized carbons (Fsp3) is 0.417. The van der Waals surface area contributed by atoms with E-state index in [4.69, 9.17) is 9.88 Å². The Morgan fingerprint density at radius 2 is 1.95 bits per heavy atom. The first-order valence-corrected chi connectivity index (χ1v) is 7.52. The first kappa shape index (κ1) is 15.5. The summed E-state index contributed by atoms with van der Waals surface area (Å²) in [7, 11) is -1.93. The van der Waals surface area contributed by atoms with E-state index in [2.05, 4.69) is 5.32 Å². The van der Waals surface area contributed by atoms with Crippen molar-refractivity contribution in [2.75, 3.05) is 19.4 Å². The first-order chi connectivity index (χ1) is 8.90. The van der Waals surface area contributed by atoms with Gasteiger partial charge in [-0.1, -0.05) is 12.1 Å². The summed E-state index contributed by atoms with van der Waals surface area (Å²) in [5.41, 5.74) is 1.02. The minimum absolute atomic E-state index is 0.0419. The molecule has 106 valence electrons. The van der Waals surface area contributed by atoms with Crippen molar-refractivity contribution in [1.82, 2.24) is 5.32 Å². The molecule has 0 atom stereocenters. The van der Waals surface area contributed by atoms with Crippen molar-refractivity contribution < 1.29 is 17.9 Å². The highest BCUT2D eigenvalue weighted by molar-refractivity contribution is 7.89. The molecule has 0 unspecified atom stereocenters. The second-order valence-corrected chi connectivity index (χ2v) is 5.80. The molecule has 0 aromatic heterocycles. The van der Waals surface area contributed by atoms with Crippen molar-refractivity contribution in [3.05, 3.63) is 29.8 Å². The van der Waals surface area contributed by atoms with Gasteiger partial charge in [-0.15, -0.1) is 0 Å². The molecule has 0 aliphatic heterocycles. The molecule has 1 rings (SSSR count). The lowest BCUT2D eigenvalue weighted by Crippen LogP contribution is -2.31. The maximum absolute atomic E-state index is 11.5. The lowest BCUT2D eigenvalue weighted by molar-refractivity contribution is -0.120. The Kier molecular flexibility index (Phi) is 5.78. The van der Waals surface area contributed by atoms with Gasteiger partial charge in [0, 0.05) is 13.0 Å². The number of carbonyl (C=O) groups is 1. The zero-order valence-corrected chi connectivity index (χ0v) is 11.6. The average Bonchev–Trinajstić information content (AvgIpc) is 2.35. The number of aryl methyl sites for hydroxylation is 1. The van der Waals surface area contributed by atoms with Gasteiger partial charge >= 0.3 is 0 Å². The summed E-state index contributed by atoms with van der Waals surface area (Å²) >= 11 is 0. The zero-order valence-electron chi connectivity index (χ0n) is 10.8. The third-order valence-corrected chi connectivity index (χ3v) is 3.28. The standard InChI is InChI=1S/C12H18N2O4S/c1-18-11-5-2-10(3-6-11)4-7-12(15)14-8-9-19(13,16)17/h2-3,5-6H,4,7-9H2,1H3,(H,14,15)(H2,13,16,17). The highest BCUT2D eigenvalue weighted by Gasteiger charge is 2.05. The fourth-order valence-electron chi connectivity index (χ4n) is 1.47. The number of nitrogens with two attached hydrogens (primary N) is 1. The summed E-state index contributed by atoms with van der Waals surface area (Å²) < 4.78 is 26.4. The molecule has 7 heteroatoms. The monoisotopic (exact) mass is 286 g/mol. The zero-order chi connectivity index (χ0) is 14.3. The van der Waals surface area contributed by atoms with Gasteiger partial charge in [-0.25, -0.2) is 13.6 Å². The molecule has 0 spiro atoms. The SMILES string of the molecule is COc1ccc(CCC(=O)NCCS(N)(=O)=O)cc1. The van der Waals surface area contributed by atoms with Crippen LogP contribution in [0.2, 0.25) is 0 Å². The molecule has 1 amide bonds. The molecule has 19 heavy (non-hydrogen) atoms. The van der Waals surface area contributed by atoms with Crippen LogP contribution in [0.25, 0.3) is 0 Å². The summed E-state index contributed by atoms with van der Waals surface area (Å²) in [6.45, 7) is 0.0419. The fourth-order valence-corrected chi connectivity index (χ4v) is 1.86. The number of hydrogen-bond donors (Lipinski definition) is 2. The van der Waals surface area contributed by atoms with E-state index in [1.165, 1.54) is 0 Å². The predicted molar refractivity (Wildman–Crippen MR) is 72.3 cm³/mol. The van der Waals surface area contributed by atoms with Crippen LogP contribution in [0.5, 0.6) is 5.75 Å². The maximum atomic E-state index is 11.5. The van der Waals surface area contributed by atoms with Crippen molar-refractivity contribution in [1.29, 1.82) is 0 Å². The van der Waals surface area contributed by atoms with Crippen LogP contribution in [0.4, 0.5) is 0 Å². The number of benzene rings is 1. The maximum Gasteiger partial charge on any atom is 0.220 e. The number of nitrogens with one attached hydrogen (secondary N) is 1. The van der Waals surface area contributed by atoms with Gasteiger partial charge in [0.05, 0.1) is 12.9 Å². The van der Waals surface area contributed by atoms with E-state index in [-0.39, 0.29) is 18.2 Å². The quantitative estimate of drug-likeness (QED) is 0.739. The third-order valence-electron chi connectivity index (χ3n) is 2.51. The lowest BCUT2D eigenvalue weighted by Gasteiger charge is -2.05. The molecule has 0 heterocycles. The molecule has 0 radical (unpaired) electrons. The highest BCUT2D eigenvalue weighted by Crippen LogP contribution is 2.12. The Balaban J connectivity index is 2.29. The smallest absolute Gasteiger partial charge is 0.220 e. The number of sulfonamides is 1. The largest absolute Gasteiger partial charge is 0.497 e. The van der Waals surface area contributed by atoms with Gasteiger partial charge in [-0.05, 0) is 24.1 Å². The summed E-state index contributed by atoms with van der Waals surface area (Å²) in [6, 6.07) is 7.43. The first-order valence-electron chi connectivity index (χ1n) is 5.81. The van der Waals surface area contributed by atoms with Gasteiger partial charge in [0.2, 0.25) is 15.9 Å². The van der Waals surface area contributed by atoms with E-state index in [0.717, 1.165) is 11.3 Å². The number of amides is 1. The summed E-state index contributed by atoms with van der Waals surface area (Å²) in [5.74, 6) is 0.321. The van der Waals surface area contributed by atoms with Crippen LogP contribution in [0, 0.1) is 0 Å². The molecule has 6 nitrogen and oxygen atoms in total. The summed E-state index contributed by atoms with van der Waals surface area (Å²) in [4.78, 5) is 11.5. The second kappa shape index (κ2) is 7.10. The number of hydrogen-bond acceptors (Lipinski definition) is 4. The van der Waals surface area contributed by atoms with Gasteiger partial charge < -0.3 is 10.1 Å². The highest BCUT2D eigenvalue weighted by atomic mass is 32.2. The second-order valence-electron chi connectivity index (χ2n) is 4.07. The van der Waals surface area contributed by atoms with Crippen molar-refractivity contribution in [3.8, 4) is 5.75 Å². The van der Waals surface area contributed by atoms with Crippen LogP contribution in [-0.2, 0) is 21.2 Å². The molecular weight excluding hydrogens is 268 g/mol. The average molecular weight is 286 g/mol. The Hall–Kier alpha value is -1.60. The number of ether oxygens (including phenoxy) is 1. The molecule has 0 fully saturated rings. The van der Waals surface area contributed by atoms with Crippen LogP contribution in [0.15, 0.2) is 24.3 Å². The third kappa shape index (κ3) is 6.78. The Bertz CT molecular complexity index is 511. The van der Waals surface area contributed by atoms with E-state index in [1.54, 1.807) is 7.11 Å². The van der Waals surface area contributed by atoms with Gasteiger partial charge in [0.25, 0.3) is 0 Å². The van der Waals surface area contributed by atoms with Crippen molar-refractivity contribution in [3.63, 3.8) is 0 Å². The van der Waals surface area contributed by atoms with Crippen molar-refractivity contribution >= 4 is 15.9 Å². The molecule has 1 aromatic rings. The number of primary sulfonamides is 1. The van der Waals surface area contributed by atoms with E-state index < -0.39 is 10.0 Å². The Morgan fingerprint density at radius 1 is 1.32 bits per heavy atom. The lowest BCUT2D eigenvalue weighted by atomic mass is 10.1. The van der Waals surface area contributed by atoms with Crippen molar-refractivity contribution in [2.45, 2.75) is 12.8 Å². The van der Waals surface area contributed by atoms with Crippen LogP contribution >= 0.6 is 0 Å². The number of carbonyl (C=O) groups excluding carboxylic acids is 1. The molecule has 0 bridgehead atoms. The number of methoxy groups -OCH3 is 1. The normalized spacial score (nSPS) is 11.1. The Labute approximate surface area is 113 Å². The molecule has 0 aliphatic carbocycles. The molecule has 1 aromatic carbocycles. The molecule has 0 saturated heterocycles. The molecule has 0 saturated carbocycles. The van der Waals surface area contributed by atoms with Crippen molar-refractivity contribution in [2.24, 2.45) is 5.14 Å². The van der Waals surface area contributed by atoms with E-state index in [1.807, 2.05) is 24.3 Å². The minimum Gasteiger partial charge on any atom is -0.497 e. The Morgan fingerprint density at radius 3 is 2.47 bits per heavy atom. The van der Waals surface area contributed by atoms with Gasteiger partial charge in [0.15, 0.2) is 0 Å². The van der Waals surface area contributed by atoms with Gasteiger partial charge in [-0.2, -0.15) is 0 Å². The van der Waals surface area contributed by atoms with Crippen LogP contribution in [0.1, 0.15) is 12.0 Å². The van der Waals surface area contributed by atoms with E-state index in [0.29, 0.717) is 12.8 Å². The number of rotatable bonds is 7. The van der Waals surface area contributed by atoms with Crippen LogP contribution in [0.3, 0.4) is 0 Å². The van der Waals surface area contributed by atoms with Crippen LogP contribution in [-0.4, -0.2) is 33.7 Å². The van der Waals surface area contributed by atoms with Gasteiger partial charge in [0.1, 0.15) is 5.75 Å². The summed E-state index contributed by atoms with van der Waals surface area (Å²) in [6.07, 6.45) is 0.891. The summed E-state index contributed by atoms with van der Waals surface area (Å²) in [5, 5.41) is 7.33. The molecule has 0 aliphatic rings. The van der Waals surface area contributed by atoms with E-state index >= 15 is 0 Å².